The summed E-state index contributed by atoms with van der Waals surface area (Å²) in [6, 6.07) is -0.845. The summed E-state index contributed by atoms with van der Waals surface area (Å²) in [6.07, 6.45) is 44.9. The minimum atomic E-state index is -1.59. The van der Waals surface area contributed by atoms with Gasteiger partial charge in [0.1, 0.15) is 24.4 Å². The molecule has 0 saturated carbocycles. The lowest BCUT2D eigenvalue weighted by atomic mass is 9.99. The van der Waals surface area contributed by atoms with Crippen molar-refractivity contribution in [2.75, 3.05) is 19.8 Å². The van der Waals surface area contributed by atoms with Crippen molar-refractivity contribution in [2.24, 2.45) is 0 Å². The van der Waals surface area contributed by atoms with Crippen molar-refractivity contribution in [2.45, 2.75) is 269 Å². The van der Waals surface area contributed by atoms with Crippen LogP contribution in [0, 0.1) is 0 Å². The van der Waals surface area contributed by atoms with Crippen LogP contribution in [0.25, 0.3) is 0 Å². The van der Waals surface area contributed by atoms with E-state index < -0.39 is 49.5 Å². The van der Waals surface area contributed by atoms with Crippen LogP contribution >= 0.6 is 0 Å². The van der Waals surface area contributed by atoms with Gasteiger partial charge in [-0.25, -0.2) is 0 Å². The first kappa shape index (κ1) is 61.6. The SMILES string of the molecule is CCCCC/C=C/CC/C=C/C(O)C(COC1OC(CO)C(O)C(O)C1O)NC(=O)CCCCCCC/C=C\CCCCCOC(=O)CCCCCCCCC/C=C\CCCCCCCC. The zero-order chi connectivity index (χ0) is 48.1. The smallest absolute Gasteiger partial charge is 0.305 e. The molecule has 384 valence electrons. The van der Waals surface area contributed by atoms with Crippen molar-refractivity contribution in [3.63, 3.8) is 0 Å². The van der Waals surface area contributed by atoms with Crippen molar-refractivity contribution in [3.05, 3.63) is 48.6 Å². The molecule has 6 N–H and O–H groups in total. The lowest BCUT2D eigenvalue weighted by molar-refractivity contribution is -0.302. The Labute approximate surface area is 402 Å². The zero-order valence-electron chi connectivity index (χ0n) is 41.9. The zero-order valence-corrected chi connectivity index (χ0v) is 41.9. The Morgan fingerprint density at radius 2 is 0.985 bits per heavy atom. The van der Waals surface area contributed by atoms with Crippen LogP contribution in [0.2, 0.25) is 0 Å². The number of amides is 1. The molecule has 1 fully saturated rings. The maximum absolute atomic E-state index is 12.9. The first-order chi connectivity index (χ1) is 32.2. The van der Waals surface area contributed by atoms with Crippen molar-refractivity contribution in [1.82, 2.24) is 5.32 Å². The molecule has 11 nitrogen and oxygen atoms in total. The van der Waals surface area contributed by atoms with E-state index in [4.69, 9.17) is 14.2 Å². The van der Waals surface area contributed by atoms with Crippen LogP contribution < -0.4 is 5.32 Å². The molecule has 0 aliphatic carbocycles. The number of hydrogen-bond acceptors (Lipinski definition) is 10. The second kappa shape index (κ2) is 45.1. The van der Waals surface area contributed by atoms with Crippen LogP contribution in [0.3, 0.4) is 0 Å². The lowest BCUT2D eigenvalue weighted by Gasteiger charge is -2.40. The van der Waals surface area contributed by atoms with Gasteiger partial charge in [0.05, 0.1) is 32.0 Å². The van der Waals surface area contributed by atoms with E-state index in [1.54, 1.807) is 6.08 Å². The van der Waals surface area contributed by atoms with E-state index in [1.807, 2.05) is 6.08 Å². The molecule has 0 bridgehead atoms. The third-order valence-corrected chi connectivity index (χ3v) is 12.4. The second-order valence-electron chi connectivity index (χ2n) is 18.6. The van der Waals surface area contributed by atoms with Gasteiger partial charge in [0.15, 0.2) is 6.29 Å². The van der Waals surface area contributed by atoms with Crippen LogP contribution in [-0.4, -0.2) is 100 Å². The van der Waals surface area contributed by atoms with Gasteiger partial charge >= 0.3 is 5.97 Å². The van der Waals surface area contributed by atoms with Gasteiger partial charge in [-0.05, 0) is 103 Å². The number of rotatable bonds is 45. The minimum absolute atomic E-state index is 0.0525. The summed E-state index contributed by atoms with van der Waals surface area (Å²) >= 11 is 0. The number of esters is 1. The molecular weight excluding hydrogens is 835 g/mol. The van der Waals surface area contributed by atoms with E-state index >= 15 is 0 Å². The predicted octanol–water partition coefficient (Wildman–Crippen LogP) is 11.3. The standard InChI is InChI=1S/C55H99NO10/c1-3-5-7-9-11-13-14-15-16-17-18-19-23-27-31-35-39-43-51(60)64-44-40-36-32-28-24-21-20-22-26-30-34-38-42-50(59)56-47(48(58)41-37-33-29-25-12-10-8-6-4-2)46-65-55-54(63)53(62)52(61)49(45-57)66-55/h12,15-16,21,24-25,37,41,47-49,52-55,57-58,61-63H,3-11,13-14,17-20,22-23,26-36,38-40,42-46H2,1-2H3,(H,56,59)/b16-15-,24-21-,25-12+,41-37+. The fourth-order valence-corrected chi connectivity index (χ4v) is 8.02. The molecule has 11 heteroatoms. The Hall–Kier alpha value is -2.38. The summed E-state index contributed by atoms with van der Waals surface area (Å²) in [6.45, 7) is 4.17. The topological polar surface area (TPSA) is 175 Å². The van der Waals surface area contributed by atoms with Crippen molar-refractivity contribution in [1.29, 1.82) is 0 Å². The summed E-state index contributed by atoms with van der Waals surface area (Å²) in [7, 11) is 0. The van der Waals surface area contributed by atoms with Gasteiger partial charge in [0.25, 0.3) is 0 Å². The van der Waals surface area contributed by atoms with Crippen LogP contribution in [0.1, 0.15) is 226 Å². The first-order valence-corrected chi connectivity index (χ1v) is 26.9. The van der Waals surface area contributed by atoms with Crippen LogP contribution in [0.4, 0.5) is 0 Å². The number of aliphatic hydroxyl groups excluding tert-OH is 5. The van der Waals surface area contributed by atoms with E-state index in [2.05, 4.69) is 55.6 Å². The Bertz CT molecular complexity index is 1240. The number of allylic oxidation sites excluding steroid dienone is 7. The molecule has 7 unspecified atom stereocenters. The maximum atomic E-state index is 12.9. The summed E-state index contributed by atoms with van der Waals surface area (Å²) in [4.78, 5) is 25.0. The Morgan fingerprint density at radius 3 is 1.53 bits per heavy atom. The molecule has 1 saturated heterocycles. The van der Waals surface area contributed by atoms with Gasteiger partial charge in [0.2, 0.25) is 5.91 Å². The molecular formula is C55H99NO10. The van der Waals surface area contributed by atoms with Gasteiger partial charge < -0.3 is 45.1 Å². The molecule has 0 radical (unpaired) electrons. The maximum Gasteiger partial charge on any atom is 0.305 e. The normalized spacial score (nSPS) is 20.0. The summed E-state index contributed by atoms with van der Waals surface area (Å²) in [5.74, 6) is -0.274. The predicted molar refractivity (Wildman–Crippen MR) is 269 cm³/mol. The summed E-state index contributed by atoms with van der Waals surface area (Å²) in [5, 5.41) is 54.0. The second-order valence-corrected chi connectivity index (χ2v) is 18.6. The third-order valence-electron chi connectivity index (χ3n) is 12.4. The molecule has 1 aliphatic heterocycles. The number of ether oxygens (including phenoxy) is 3. The molecule has 66 heavy (non-hydrogen) atoms. The number of carbonyl (C=O) groups excluding carboxylic acids is 2. The first-order valence-electron chi connectivity index (χ1n) is 26.9. The fraction of sp³-hybridized carbons (Fsp3) is 0.818. The number of carbonyl (C=O) groups is 2. The largest absolute Gasteiger partial charge is 0.466 e. The summed E-state index contributed by atoms with van der Waals surface area (Å²) < 4.78 is 16.6. The molecule has 0 spiro atoms. The van der Waals surface area contributed by atoms with E-state index in [1.165, 1.54) is 103 Å². The Kier molecular flexibility index (Phi) is 42.1. The third kappa shape index (κ3) is 34.8. The van der Waals surface area contributed by atoms with E-state index in [0.717, 1.165) is 89.9 Å². The molecule has 1 rings (SSSR count). The van der Waals surface area contributed by atoms with Gasteiger partial charge in [-0.3, -0.25) is 9.59 Å². The number of unbranched alkanes of at least 4 members (excludes halogenated alkanes) is 25. The average Bonchev–Trinajstić information content (AvgIpc) is 3.31. The van der Waals surface area contributed by atoms with Crippen LogP contribution in [-0.2, 0) is 23.8 Å². The lowest BCUT2D eigenvalue weighted by Crippen LogP contribution is -2.60. The summed E-state index contributed by atoms with van der Waals surface area (Å²) in [5.41, 5.74) is 0. The molecule has 0 aromatic carbocycles. The van der Waals surface area contributed by atoms with Crippen LogP contribution in [0.15, 0.2) is 48.6 Å². The number of nitrogens with one attached hydrogen (secondary N) is 1. The van der Waals surface area contributed by atoms with Gasteiger partial charge in [-0.15, -0.1) is 0 Å². The monoisotopic (exact) mass is 934 g/mol. The van der Waals surface area contributed by atoms with Crippen molar-refractivity contribution >= 4 is 11.9 Å². The molecule has 1 amide bonds. The van der Waals surface area contributed by atoms with E-state index in [9.17, 15) is 35.1 Å². The Morgan fingerprint density at radius 1 is 0.545 bits per heavy atom. The molecule has 0 aromatic heterocycles. The van der Waals surface area contributed by atoms with Gasteiger partial charge in [0, 0.05) is 12.8 Å². The highest BCUT2D eigenvalue weighted by molar-refractivity contribution is 5.76. The fourth-order valence-electron chi connectivity index (χ4n) is 8.02. The number of aliphatic hydroxyl groups is 5. The highest BCUT2D eigenvalue weighted by Gasteiger charge is 2.44. The van der Waals surface area contributed by atoms with E-state index in [-0.39, 0.29) is 18.5 Å². The number of hydrogen-bond donors (Lipinski definition) is 6. The highest BCUT2D eigenvalue weighted by Crippen LogP contribution is 2.23. The van der Waals surface area contributed by atoms with Gasteiger partial charge in [-0.2, -0.15) is 0 Å². The molecule has 7 atom stereocenters. The average molecular weight is 934 g/mol. The van der Waals surface area contributed by atoms with Crippen molar-refractivity contribution < 1.29 is 49.3 Å². The Balaban J connectivity index is 2.12. The van der Waals surface area contributed by atoms with E-state index in [0.29, 0.717) is 25.9 Å². The van der Waals surface area contributed by atoms with Crippen molar-refractivity contribution in [3.8, 4) is 0 Å². The minimum Gasteiger partial charge on any atom is -0.466 e. The van der Waals surface area contributed by atoms with Crippen LogP contribution in [0.5, 0.6) is 0 Å². The van der Waals surface area contributed by atoms with Gasteiger partial charge in [-0.1, -0.05) is 159 Å². The molecule has 0 aromatic rings. The quantitative estimate of drug-likeness (QED) is 0.0196. The highest BCUT2D eigenvalue weighted by atomic mass is 16.7. The molecule has 1 aliphatic rings. The molecule has 1 heterocycles.